The number of hydrogen-bond acceptors (Lipinski definition) is 5. The number of benzene rings is 3. The zero-order chi connectivity index (χ0) is 23.5. The maximum atomic E-state index is 12.5. The fourth-order valence-corrected chi connectivity index (χ4v) is 3.63. The van der Waals surface area contributed by atoms with Gasteiger partial charge in [0.15, 0.2) is 6.61 Å². The van der Waals surface area contributed by atoms with Crippen molar-refractivity contribution in [2.24, 2.45) is 0 Å². The Kier molecular flexibility index (Phi) is 6.24. The van der Waals surface area contributed by atoms with Crippen LogP contribution in [0.15, 0.2) is 66.7 Å². The Morgan fingerprint density at radius 3 is 2.18 bits per heavy atom. The number of hydrogen-bond donors (Lipinski definition) is 1. The summed E-state index contributed by atoms with van der Waals surface area (Å²) in [7, 11) is 0. The van der Waals surface area contributed by atoms with Crippen molar-refractivity contribution < 1.29 is 23.9 Å². The Labute approximate surface area is 194 Å². The molecule has 3 aromatic rings. The maximum Gasteiger partial charge on any atom is 0.338 e. The first-order valence-corrected chi connectivity index (χ1v) is 10.5. The van der Waals surface area contributed by atoms with Crippen LogP contribution in [0.3, 0.4) is 0 Å². The summed E-state index contributed by atoms with van der Waals surface area (Å²) in [5.41, 5.74) is 2.94. The van der Waals surface area contributed by atoms with E-state index >= 15 is 0 Å². The predicted octanol–water partition coefficient (Wildman–Crippen LogP) is 4.24. The van der Waals surface area contributed by atoms with Crippen LogP contribution in [0.25, 0.3) is 0 Å². The molecule has 4 rings (SSSR count). The van der Waals surface area contributed by atoms with E-state index in [1.165, 1.54) is 17.0 Å². The first kappa shape index (κ1) is 22.2. The molecule has 1 aliphatic rings. The summed E-state index contributed by atoms with van der Waals surface area (Å²) in [4.78, 5) is 50.6. The molecule has 1 aliphatic heterocycles. The number of amides is 3. The van der Waals surface area contributed by atoms with Gasteiger partial charge in [-0.25, -0.2) is 4.79 Å². The fourth-order valence-electron chi connectivity index (χ4n) is 3.46. The summed E-state index contributed by atoms with van der Waals surface area (Å²) in [5, 5.41) is 3.17. The van der Waals surface area contributed by atoms with E-state index in [1.54, 1.807) is 61.5 Å². The average Bonchev–Trinajstić information content (AvgIpc) is 3.06. The molecule has 0 aromatic heterocycles. The molecule has 33 heavy (non-hydrogen) atoms. The number of carbonyl (C=O) groups is 4. The Balaban J connectivity index is 1.33. The minimum absolute atomic E-state index is 0.0864. The number of nitrogens with zero attached hydrogens (tertiary/aromatic N) is 1. The highest BCUT2D eigenvalue weighted by molar-refractivity contribution is 6.31. The molecular weight excluding hydrogens is 444 g/mol. The largest absolute Gasteiger partial charge is 0.452 e. The summed E-state index contributed by atoms with van der Waals surface area (Å²) in [5.74, 6) is -1.85. The van der Waals surface area contributed by atoms with Crippen molar-refractivity contribution in [2.45, 2.75) is 13.5 Å². The lowest BCUT2D eigenvalue weighted by molar-refractivity contribution is -0.119. The van der Waals surface area contributed by atoms with Crippen molar-refractivity contribution in [3.8, 4) is 0 Å². The number of anilines is 1. The van der Waals surface area contributed by atoms with Crippen molar-refractivity contribution in [2.75, 3.05) is 11.9 Å². The smallest absolute Gasteiger partial charge is 0.338 e. The quantitative estimate of drug-likeness (QED) is 0.437. The number of fused-ring (bicyclic) bond motifs is 1. The molecule has 7 nitrogen and oxygen atoms in total. The number of rotatable bonds is 6. The molecule has 1 heterocycles. The second kappa shape index (κ2) is 9.26. The average molecular weight is 463 g/mol. The Hall–Kier alpha value is -3.97. The molecule has 0 bridgehead atoms. The summed E-state index contributed by atoms with van der Waals surface area (Å²) < 4.78 is 5.08. The third-order valence-corrected chi connectivity index (χ3v) is 5.69. The zero-order valence-corrected chi connectivity index (χ0v) is 18.4. The molecule has 0 fully saturated rings. The number of carbonyl (C=O) groups excluding carboxylic acids is 4. The number of ether oxygens (including phenoxy) is 1. The van der Waals surface area contributed by atoms with Gasteiger partial charge in [0.2, 0.25) is 0 Å². The van der Waals surface area contributed by atoms with Gasteiger partial charge >= 0.3 is 5.97 Å². The van der Waals surface area contributed by atoms with Gasteiger partial charge in [0, 0.05) is 10.7 Å². The molecule has 0 atom stereocenters. The van der Waals surface area contributed by atoms with Crippen LogP contribution in [0.1, 0.15) is 42.2 Å². The van der Waals surface area contributed by atoms with E-state index in [2.05, 4.69) is 5.32 Å². The topological polar surface area (TPSA) is 92.8 Å². The van der Waals surface area contributed by atoms with Crippen LogP contribution in [0.2, 0.25) is 5.02 Å². The normalized spacial score (nSPS) is 12.5. The highest BCUT2D eigenvalue weighted by atomic mass is 35.5. The van der Waals surface area contributed by atoms with Gasteiger partial charge in [-0.2, -0.15) is 0 Å². The number of halogens is 1. The standard InChI is InChI=1S/C25H19ClN2O5/c1-15-20(26)7-4-8-21(15)27-22(29)14-33-25(32)17-11-9-16(10-12-17)13-28-23(30)18-5-2-3-6-19(18)24(28)31/h2-12H,13-14H2,1H3,(H,27,29). The van der Waals surface area contributed by atoms with Gasteiger partial charge in [-0.15, -0.1) is 0 Å². The third-order valence-electron chi connectivity index (χ3n) is 5.28. The molecule has 166 valence electrons. The van der Waals surface area contributed by atoms with Crippen LogP contribution >= 0.6 is 11.6 Å². The SMILES string of the molecule is Cc1c(Cl)cccc1NC(=O)COC(=O)c1ccc(CN2C(=O)c3ccccc3C2=O)cc1. The number of esters is 1. The van der Waals surface area contributed by atoms with Gasteiger partial charge in [-0.1, -0.05) is 41.9 Å². The predicted molar refractivity (Wildman–Crippen MR) is 122 cm³/mol. The van der Waals surface area contributed by atoms with E-state index in [1.807, 2.05) is 0 Å². The highest BCUT2D eigenvalue weighted by Crippen LogP contribution is 2.25. The molecule has 0 unspecified atom stereocenters. The second-order valence-corrected chi connectivity index (χ2v) is 7.88. The molecule has 3 amide bonds. The van der Waals surface area contributed by atoms with Crippen molar-refractivity contribution in [1.82, 2.24) is 4.90 Å². The Morgan fingerprint density at radius 1 is 0.909 bits per heavy atom. The lowest BCUT2D eigenvalue weighted by atomic mass is 10.1. The molecule has 0 saturated heterocycles. The Bertz CT molecular complexity index is 1240. The maximum absolute atomic E-state index is 12.5. The molecule has 0 aliphatic carbocycles. The van der Waals surface area contributed by atoms with Gasteiger partial charge in [-0.05, 0) is 54.4 Å². The Morgan fingerprint density at radius 2 is 1.55 bits per heavy atom. The minimum Gasteiger partial charge on any atom is -0.452 e. The van der Waals surface area contributed by atoms with Gasteiger partial charge in [-0.3, -0.25) is 19.3 Å². The lowest BCUT2D eigenvalue weighted by Crippen LogP contribution is -2.29. The summed E-state index contributed by atoms with van der Waals surface area (Å²) in [6.07, 6.45) is 0. The summed E-state index contributed by atoms with van der Waals surface area (Å²) >= 11 is 6.03. The van der Waals surface area contributed by atoms with E-state index in [-0.39, 0.29) is 23.9 Å². The fraction of sp³-hybridized carbons (Fsp3) is 0.120. The van der Waals surface area contributed by atoms with Crippen molar-refractivity contribution in [3.63, 3.8) is 0 Å². The minimum atomic E-state index is -0.666. The van der Waals surface area contributed by atoms with Gasteiger partial charge in [0.25, 0.3) is 17.7 Å². The highest BCUT2D eigenvalue weighted by Gasteiger charge is 2.34. The molecule has 0 saturated carbocycles. The molecule has 3 aromatic carbocycles. The molecule has 0 spiro atoms. The lowest BCUT2D eigenvalue weighted by Gasteiger charge is -2.14. The van der Waals surface area contributed by atoms with Crippen LogP contribution in [-0.4, -0.2) is 35.2 Å². The van der Waals surface area contributed by atoms with E-state index in [0.29, 0.717) is 33.0 Å². The summed E-state index contributed by atoms with van der Waals surface area (Å²) in [6.45, 7) is 1.40. The van der Waals surface area contributed by atoms with Crippen LogP contribution in [0, 0.1) is 6.92 Å². The molecule has 0 radical (unpaired) electrons. The van der Waals surface area contributed by atoms with Crippen LogP contribution in [0.5, 0.6) is 0 Å². The van der Waals surface area contributed by atoms with Crippen molar-refractivity contribution in [3.05, 3.63) is 99.6 Å². The van der Waals surface area contributed by atoms with E-state index < -0.39 is 18.5 Å². The van der Waals surface area contributed by atoms with E-state index in [0.717, 1.165) is 0 Å². The summed E-state index contributed by atoms with van der Waals surface area (Å²) in [6, 6.07) is 18.1. The molecule has 8 heteroatoms. The number of nitrogens with one attached hydrogen (secondary N) is 1. The van der Waals surface area contributed by atoms with Crippen molar-refractivity contribution in [1.29, 1.82) is 0 Å². The molecule has 1 N–H and O–H groups in total. The van der Waals surface area contributed by atoms with E-state index in [9.17, 15) is 19.2 Å². The molecular formula is C25H19ClN2O5. The van der Waals surface area contributed by atoms with Crippen molar-refractivity contribution >= 4 is 41.0 Å². The first-order valence-electron chi connectivity index (χ1n) is 10.1. The monoisotopic (exact) mass is 462 g/mol. The second-order valence-electron chi connectivity index (χ2n) is 7.48. The van der Waals surface area contributed by atoms with Gasteiger partial charge in [0.05, 0.1) is 23.2 Å². The van der Waals surface area contributed by atoms with Gasteiger partial charge in [0.1, 0.15) is 0 Å². The zero-order valence-electron chi connectivity index (χ0n) is 17.6. The van der Waals surface area contributed by atoms with E-state index in [4.69, 9.17) is 16.3 Å². The third kappa shape index (κ3) is 4.63. The number of imide groups is 1. The van der Waals surface area contributed by atoms with Crippen LogP contribution in [0.4, 0.5) is 5.69 Å². The van der Waals surface area contributed by atoms with Gasteiger partial charge < -0.3 is 10.1 Å². The van der Waals surface area contributed by atoms with Crippen LogP contribution in [-0.2, 0) is 16.1 Å². The first-order chi connectivity index (χ1) is 15.8. The van der Waals surface area contributed by atoms with Crippen LogP contribution < -0.4 is 5.32 Å².